The minimum Gasteiger partial charge on any atom is -0.492 e. The molecule has 1 aliphatic heterocycles. The zero-order chi connectivity index (χ0) is 18.1. The molecule has 4 rings (SSSR count). The summed E-state index contributed by atoms with van der Waals surface area (Å²) in [6.07, 6.45) is 2.42. The molecule has 0 bridgehead atoms. The van der Waals surface area contributed by atoms with Gasteiger partial charge in [0, 0.05) is 6.42 Å². The third-order valence-electron chi connectivity index (χ3n) is 5.12. The Balaban J connectivity index is 1.67. The van der Waals surface area contributed by atoms with Crippen molar-refractivity contribution >= 4 is 16.3 Å². The lowest BCUT2D eigenvalue weighted by Gasteiger charge is -2.33. The number of quaternary nitrogens is 2. The molecule has 1 aliphatic rings. The molecule has 9 heteroatoms. The molecule has 3 aromatic heterocycles. The van der Waals surface area contributed by atoms with Gasteiger partial charge in [0.2, 0.25) is 10.8 Å². The largest absolute Gasteiger partial charge is 0.492 e. The number of nitrogens with one attached hydrogen (secondary N) is 2. The van der Waals surface area contributed by atoms with Gasteiger partial charge < -0.3 is 24.4 Å². The number of fused-ring (bicyclic) bond motifs is 1. The minimum absolute atomic E-state index is 0.0701. The van der Waals surface area contributed by atoms with E-state index in [1.165, 1.54) is 21.1 Å². The van der Waals surface area contributed by atoms with E-state index in [0.717, 1.165) is 60.6 Å². The predicted molar refractivity (Wildman–Crippen MR) is 95.8 cm³/mol. The first-order valence-corrected chi connectivity index (χ1v) is 9.92. The number of nitrogens with zero attached hydrogens (tertiary/aromatic N) is 3. The van der Waals surface area contributed by atoms with Crippen molar-refractivity contribution in [2.24, 2.45) is 0 Å². The smallest absolute Gasteiger partial charge is 0.235 e. The van der Waals surface area contributed by atoms with Crippen LogP contribution >= 0.6 is 11.3 Å². The fourth-order valence-electron chi connectivity index (χ4n) is 3.72. The van der Waals surface area contributed by atoms with Crippen molar-refractivity contribution in [3.8, 4) is 5.88 Å². The third-order valence-corrected chi connectivity index (χ3v) is 6.21. The highest BCUT2D eigenvalue weighted by Gasteiger charge is 2.37. The van der Waals surface area contributed by atoms with Gasteiger partial charge in [-0.3, -0.25) is 0 Å². The molecule has 4 heterocycles. The van der Waals surface area contributed by atoms with E-state index in [4.69, 9.17) is 9.52 Å². The Morgan fingerprint density at radius 2 is 2.15 bits per heavy atom. The van der Waals surface area contributed by atoms with E-state index >= 15 is 0 Å². The zero-order valence-electron chi connectivity index (χ0n) is 14.8. The summed E-state index contributed by atoms with van der Waals surface area (Å²) in [5.41, 5.74) is 0. The lowest BCUT2D eigenvalue weighted by molar-refractivity contribution is -1.02. The van der Waals surface area contributed by atoms with Gasteiger partial charge in [0.15, 0.2) is 17.6 Å². The average Bonchev–Trinajstić information content (AvgIpc) is 3.37. The minimum atomic E-state index is -0.0701. The van der Waals surface area contributed by atoms with Crippen molar-refractivity contribution in [2.45, 2.75) is 19.4 Å². The van der Waals surface area contributed by atoms with Crippen LogP contribution in [0.4, 0.5) is 0 Å². The quantitative estimate of drug-likeness (QED) is 0.419. The zero-order valence-corrected chi connectivity index (χ0v) is 15.6. The van der Waals surface area contributed by atoms with Gasteiger partial charge in [0.05, 0.1) is 12.9 Å². The summed E-state index contributed by atoms with van der Waals surface area (Å²) >= 11 is 1.48. The standard InChI is InChI=1S/C17H23N5O3S/c1-2-13-18-17-22(19-13)16(24)15(26-17)14(12-4-3-11-25-12)21-7-5-20(6-8-21)9-10-23/h3-4,11,14,23-24H,2,5-10H2,1H3/p+2/t14-/m0/s1. The molecule has 0 aliphatic carbocycles. The Labute approximate surface area is 155 Å². The molecule has 8 nitrogen and oxygen atoms in total. The molecule has 0 unspecified atom stereocenters. The maximum atomic E-state index is 10.8. The van der Waals surface area contributed by atoms with Crippen molar-refractivity contribution < 1.29 is 24.4 Å². The molecule has 26 heavy (non-hydrogen) atoms. The molecule has 0 radical (unpaired) electrons. The lowest BCUT2D eigenvalue weighted by atomic mass is 10.1. The molecule has 1 atom stereocenters. The van der Waals surface area contributed by atoms with Crippen LogP contribution in [0.3, 0.4) is 0 Å². The van der Waals surface area contributed by atoms with Crippen LogP contribution in [0.15, 0.2) is 22.8 Å². The van der Waals surface area contributed by atoms with Crippen LogP contribution < -0.4 is 9.80 Å². The molecule has 0 saturated carbocycles. The number of hydrogen-bond donors (Lipinski definition) is 4. The molecule has 3 aromatic rings. The monoisotopic (exact) mass is 379 g/mol. The maximum Gasteiger partial charge on any atom is 0.235 e. The fourth-order valence-corrected chi connectivity index (χ4v) is 4.86. The number of aromatic hydroxyl groups is 1. The predicted octanol–water partition coefficient (Wildman–Crippen LogP) is -1.48. The van der Waals surface area contributed by atoms with E-state index in [2.05, 4.69) is 10.1 Å². The molecule has 0 aromatic carbocycles. The van der Waals surface area contributed by atoms with Gasteiger partial charge >= 0.3 is 0 Å². The maximum absolute atomic E-state index is 10.8. The normalized spacial score (nSPS) is 22.1. The number of aliphatic hydroxyl groups excluding tert-OH is 1. The van der Waals surface area contributed by atoms with Crippen LogP contribution in [0, 0.1) is 0 Å². The van der Waals surface area contributed by atoms with E-state index in [9.17, 15) is 5.11 Å². The molecule has 4 N–H and O–H groups in total. The number of aliphatic hydroxyl groups is 1. The van der Waals surface area contributed by atoms with Gasteiger partial charge in [0.1, 0.15) is 37.6 Å². The molecular weight excluding hydrogens is 354 g/mol. The number of rotatable bonds is 6. The highest BCUT2D eigenvalue weighted by atomic mass is 32.1. The first kappa shape index (κ1) is 17.5. The topological polar surface area (TPSA) is 92.7 Å². The second-order valence-corrected chi connectivity index (χ2v) is 7.71. The Kier molecular flexibility index (Phi) is 4.94. The summed E-state index contributed by atoms with van der Waals surface area (Å²) in [7, 11) is 0. The van der Waals surface area contributed by atoms with Crippen LogP contribution in [-0.2, 0) is 6.42 Å². The Hall–Kier alpha value is -1.94. The third kappa shape index (κ3) is 3.11. The SMILES string of the molecule is CCc1nc2sc([C@H](c3ccco3)[NH+]3CC[NH+](CCO)CC3)c(O)n2n1. The summed E-state index contributed by atoms with van der Waals surface area (Å²) in [4.78, 5) is 8.84. The van der Waals surface area contributed by atoms with E-state index in [0.29, 0.717) is 0 Å². The van der Waals surface area contributed by atoms with Crippen LogP contribution in [0.1, 0.15) is 29.4 Å². The van der Waals surface area contributed by atoms with Gasteiger partial charge in [-0.05, 0) is 12.1 Å². The summed E-state index contributed by atoms with van der Waals surface area (Å²) in [6.45, 7) is 6.91. The van der Waals surface area contributed by atoms with Crippen molar-refractivity contribution in [1.82, 2.24) is 14.6 Å². The van der Waals surface area contributed by atoms with Crippen molar-refractivity contribution in [3.05, 3.63) is 34.9 Å². The van der Waals surface area contributed by atoms with Crippen LogP contribution in [-0.4, -0.2) is 64.1 Å². The summed E-state index contributed by atoms with van der Waals surface area (Å²) in [5.74, 6) is 1.75. The number of thiazole rings is 1. The van der Waals surface area contributed by atoms with Gasteiger partial charge in [-0.1, -0.05) is 18.3 Å². The molecule has 1 fully saturated rings. The summed E-state index contributed by atoms with van der Waals surface area (Å²) in [5, 5.41) is 24.4. The van der Waals surface area contributed by atoms with Gasteiger partial charge in [0.25, 0.3) is 0 Å². The molecule has 140 valence electrons. The first-order valence-electron chi connectivity index (χ1n) is 9.11. The van der Waals surface area contributed by atoms with Crippen molar-refractivity contribution in [2.75, 3.05) is 39.3 Å². The highest BCUT2D eigenvalue weighted by Crippen LogP contribution is 2.35. The Bertz CT molecular complexity index is 851. The van der Waals surface area contributed by atoms with E-state index in [1.54, 1.807) is 10.8 Å². The Morgan fingerprint density at radius 3 is 2.77 bits per heavy atom. The van der Waals surface area contributed by atoms with E-state index in [1.807, 2.05) is 19.1 Å². The second-order valence-electron chi connectivity index (χ2n) is 6.70. The Morgan fingerprint density at radius 1 is 1.35 bits per heavy atom. The number of furan rings is 1. The van der Waals surface area contributed by atoms with Gasteiger partial charge in [-0.25, -0.2) is 4.98 Å². The van der Waals surface area contributed by atoms with Gasteiger partial charge in [-0.2, -0.15) is 4.52 Å². The number of piperazine rings is 1. The molecule has 0 amide bonds. The average molecular weight is 379 g/mol. The van der Waals surface area contributed by atoms with Crippen LogP contribution in [0.2, 0.25) is 0 Å². The number of hydrogen-bond acceptors (Lipinski definition) is 6. The van der Waals surface area contributed by atoms with E-state index < -0.39 is 0 Å². The first-order chi connectivity index (χ1) is 12.7. The summed E-state index contributed by atoms with van der Waals surface area (Å²) < 4.78 is 7.27. The van der Waals surface area contributed by atoms with Crippen molar-refractivity contribution in [3.63, 3.8) is 0 Å². The van der Waals surface area contributed by atoms with Crippen LogP contribution in [0.5, 0.6) is 5.88 Å². The van der Waals surface area contributed by atoms with E-state index in [-0.39, 0.29) is 18.5 Å². The fraction of sp³-hybridized carbons (Fsp3) is 0.529. The molecule has 0 spiro atoms. The van der Waals surface area contributed by atoms with Gasteiger partial charge in [-0.15, -0.1) is 5.10 Å². The number of aromatic nitrogens is 3. The molecular formula is C17H25N5O3S+2. The lowest BCUT2D eigenvalue weighted by Crippen LogP contribution is -3.28. The highest BCUT2D eigenvalue weighted by molar-refractivity contribution is 7.17. The second kappa shape index (κ2) is 7.36. The molecule has 1 saturated heterocycles. The van der Waals surface area contributed by atoms with Crippen LogP contribution in [0.25, 0.3) is 4.96 Å². The number of aryl methyl sites for hydroxylation is 1. The van der Waals surface area contributed by atoms with Crippen molar-refractivity contribution in [1.29, 1.82) is 0 Å². The summed E-state index contributed by atoms with van der Waals surface area (Å²) in [6, 6.07) is 3.79.